The van der Waals surface area contributed by atoms with Gasteiger partial charge in [-0.2, -0.15) is 0 Å². The van der Waals surface area contributed by atoms with Crippen LogP contribution in [-0.4, -0.2) is 6.29 Å². The molecule has 2 nitrogen and oxygen atoms in total. The Kier molecular flexibility index (Phi) is 5.11. The molecule has 0 aromatic heterocycles. The van der Waals surface area contributed by atoms with Crippen LogP contribution in [0.2, 0.25) is 0 Å². The van der Waals surface area contributed by atoms with Gasteiger partial charge in [0.15, 0.2) is 6.29 Å². The van der Waals surface area contributed by atoms with Crippen LogP contribution in [0.25, 0.3) is 0 Å². The third-order valence-corrected chi connectivity index (χ3v) is 3.97. The largest absolute Gasteiger partial charge is 0.488 e. The fourth-order valence-electron chi connectivity index (χ4n) is 1.89. The SMILES string of the molecule is Cc1cc(Br)cc(C=O)c1OCc1c(F)ccc(Br)c1F. The van der Waals surface area contributed by atoms with Gasteiger partial charge in [0.2, 0.25) is 0 Å². The van der Waals surface area contributed by atoms with E-state index in [1.54, 1.807) is 19.1 Å². The van der Waals surface area contributed by atoms with Gasteiger partial charge in [-0.25, -0.2) is 8.78 Å². The first kappa shape index (κ1) is 16.1. The van der Waals surface area contributed by atoms with E-state index in [1.807, 2.05) is 0 Å². The van der Waals surface area contributed by atoms with E-state index in [-0.39, 0.29) is 16.6 Å². The van der Waals surface area contributed by atoms with Crippen molar-refractivity contribution in [2.45, 2.75) is 13.5 Å². The van der Waals surface area contributed by atoms with Crippen molar-refractivity contribution in [2.75, 3.05) is 0 Å². The number of hydrogen-bond donors (Lipinski definition) is 0. The molecule has 0 aliphatic rings. The Labute approximate surface area is 137 Å². The molecule has 0 aliphatic heterocycles. The Morgan fingerprint density at radius 3 is 2.62 bits per heavy atom. The van der Waals surface area contributed by atoms with E-state index in [2.05, 4.69) is 31.9 Å². The van der Waals surface area contributed by atoms with Crippen molar-refractivity contribution < 1.29 is 18.3 Å². The zero-order valence-corrected chi connectivity index (χ0v) is 14.1. The van der Waals surface area contributed by atoms with Crippen LogP contribution < -0.4 is 4.74 Å². The maximum absolute atomic E-state index is 13.9. The maximum atomic E-state index is 13.9. The highest BCUT2D eigenvalue weighted by molar-refractivity contribution is 9.10. The number of ether oxygens (including phenoxy) is 1. The van der Waals surface area contributed by atoms with E-state index in [9.17, 15) is 13.6 Å². The summed E-state index contributed by atoms with van der Waals surface area (Å²) in [6.45, 7) is 1.45. The van der Waals surface area contributed by atoms with Gasteiger partial charge < -0.3 is 4.74 Å². The lowest BCUT2D eigenvalue weighted by atomic mass is 10.1. The molecule has 6 heteroatoms. The van der Waals surface area contributed by atoms with Gasteiger partial charge in [-0.15, -0.1) is 0 Å². The standard InChI is InChI=1S/C15H10Br2F2O2/c1-8-4-10(16)5-9(6-20)15(8)21-7-11-13(18)3-2-12(17)14(11)19/h2-6H,7H2,1H3. The molecule has 0 saturated heterocycles. The highest BCUT2D eigenvalue weighted by atomic mass is 79.9. The van der Waals surface area contributed by atoms with Crippen molar-refractivity contribution in [3.05, 3.63) is 61.5 Å². The van der Waals surface area contributed by atoms with Gasteiger partial charge in [0.1, 0.15) is 24.0 Å². The first-order chi connectivity index (χ1) is 9.93. The minimum atomic E-state index is -0.711. The number of rotatable bonds is 4. The predicted molar refractivity (Wildman–Crippen MR) is 82.7 cm³/mol. The van der Waals surface area contributed by atoms with Crippen molar-refractivity contribution in [1.82, 2.24) is 0 Å². The van der Waals surface area contributed by atoms with Crippen LogP contribution in [0.1, 0.15) is 21.5 Å². The van der Waals surface area contributed by atoms with Crippen LogP contribution in [0.15, 0.2) is 33.2 Å². The summed E-state index contributed by atoms with van der Waals surface area (Å²) in [7, 11) is 0. The van der Waals surface area contributed by atoms with Crippen molar-refractivity contribution in [1.29, 1.82) is 0 Å². The fourth-order valence-corrected chi connectivity index (χ4v) is 2.85. The zero-order chi connectivity index (χ0) is 15.6. The molecule has 0 atom stereocenters. The summed E-state index contributed by atoms with van der Waals surface area (Å²) in [5, 5.41) is 0. The van der Waals surface area contributed by atoms with Crippen LogP contribution in [0, 0.1) is 18.6 Å². The Hall–Kier alpha value is -1.27. The van der Waals surface area contributed by atoms with Crippen molar-refractivity contribution >= 4 is 38.1 Å². The summed E-state index contributed by atoms with van der Waals surface area (Å²) >= 11 is 6.28. The molecule has 21 heavy (non-hydrogen) atoms. The van der Waals surface area contributed by atoms with Crippen LogP contribution in [0.4, 0.5) is 8.78 Å². The van der Waals surface area contributed by atoms with E-state index >= 15 is 0 Å². The summed E-state index contributed by atoms with van der Waals surface area (Å²) in [5.74, 6) is -1.09. The zero-order valence-electron chi connectivity index (χ0n) is 10.9. The van der Waals surface area contributed by atoms with Gasteiger partial charge in [0, 0.05) is 4.47 Å². The number of aldehydes is 1. The molecule has 0 radical (unpaired) electrons. The summed E-state index contributed by atoms with van der Waals surface area (Å²) in [5.41, 5.74) is 0.823. The smallest absolute Gasteiger partial charge is 0.153 e. The monoisotopic (exact) mass is 418 g/mol. The van der Waals surface area contributed by atoms with Gasteiger partial charge in [-0.1, -0.05) is 15.9 Å². The number of hydrogen-bond acceptors (Lipinski definition) is 2. The van der Waals surface area contributed by atoms with Crippen LogP contribution in [-0.2, 0) is 6.61 Å². The van der Waals surface area contributed by atoms with Gasteiger partial charge in [-0.05, 0) is 52.7 Å². The number of carbonyl (C=O) groups excluding carboxylic acids is 1. The molecule has 0 N–H and O–H groups in total. The Balaban J connectivity index is 2.33. The number of halogens is 4. The van der Waals surface area contributed by atoms with E-state index in [4.69, 9.17) is 4.74 Å². The van der Waals surface area contributed by atoms with Gasteiger partial charge in [-0.3, -0.25) is 4.79 Å². The molecule has 0 spiro atoms. The molecule has 2 aromatic rings. The molecule has 0 bridgehead atoms. The quantitative estimate of drug-likeness (QED) is 0.503. The average Bonchev–Trinajstić information content (AvgIpc) is 2.44. The molecule has 0 saturated carbocycles. The Morgan fingerprint density at radius 2 is 1.95 bits per heavy atom. The lowest BCUT2D eigenvalue weighted by Crippen LogP contribution is -2.05. The predicted octanol–water partition coefficient (Wildman–Crippen LogP) is 5.19. The third kappa shape index (κ3) is 3.49. The molecular weight excluding hydrogens is 410 g/mol. The molecule has 0 fully saturated rings. The fraction of sp³-hybridized carbons (Fsp3) is 0.133. The van der Waals surface area contributed by atoms with E-state index in [0.29, 0.717) is 23.2 Å². The molecule has 2 aromatic carbocycles. The van der Waals surface area contributed by atoms with Crippen molar-refractivity contribution in [2.24, 2.45) is 0 Å². The first-order valence-corrected chi connectivity index (χ1v) is 7.53. The summed E-state index contributed by atoms with van der Waals surface area (Å²) < 4.78 is 33.9. The third-order valence-electron chi connectivity index (χ3n) is 2.89. The van der Waals surface area contributed by atoms with Gasteiger partial charge >= 0.3 is 0 Å². The second-order valence-corrected chi connectivity index (χ2v) is 6.14. The van der Waals surface area contributed by atoms with E-state index in [0.717, 1.165) is 10.5 Å². The molecular formula is C15H10Br2F2O2. The second-order valence-electron chi connectivity index (χ2n) is 4.37. The highest BCUT2D eigenvalue weighted by Gasteiger charge is 2.15. The molecule has 0 heterocycles. The Bertz CT molecular complexity index is 703. The van der Waals surface area contributed by atoms with Gasteiger partial charge in [0.25, 0.3) is 0 Å². The Morgan fingerprint density at radius 1 is 1.24 bits per heavy atom. The molecule has 0 amide bonds. The number of aryl methyl sites for hydroxylation is 1. The lowest BCUT2D eigenvalue weighted by molar-refractivity contribution is 0.111. The summed E-state index contributed by atoms with van der Waals surface area (Å²) in [4.78, 5) is 11.1. The minimum absolute atomic E-state index is 0.158. The van der Waals surface area contributed by atoms with Gasteiger partial charge in [0.05, 0.1) is 15.6 Å². The molecule has 0 aliphatic carbocycles. The van der Waals surface area contributed by atoms with Crippen LogP contribution in [0.3, 0.4) is 0 Å². The van der Waals surface area contributed by atoms with Crippen molar-refractivity contribution in [3.8, 4) is 5.75 Å². The van der Waals surface area contributed by atoms with E-state index in [1.165, 1.54) is 6.07 Å². The van der Waals surface area contributed by atoms with Crippen LogP contribution >= 0.6 is 31.9 Å². The van der Waals surface area contributed by atoms with Crippen molar-refractivity contribution in [3.63, 3.8) is 0 Å². The normalized spacial score (nSPS) is 10.5. The second kappa shape index (κ2) is 6.66. The average molecular weight is 420 g/mol. The summed E-state index contributed by atoms with van der Waals surface area (Å²) in [6.07, 6.45) is 0.640. The topological polar surface area (TPSA) is 26.3 Å². The lowest BCUT2D eigenvalue weighted by Gasteiger charge is -2.13. The van der Waals surface area contributed by atoms with E-state index < -0.39 is 11.6 Å². The van der Waals surface area contributed by atoms with Crippen LogP contribution in [0.5, 0.6) is 5.75 Å². The number of benzene rings is 2. The highest BCUT2D eigenvalue weighted by Crippen LogP contribution is 2.29. The first-order valence-electron chi connectivity index (χ1n) is 5.94. The molecule has 0 unspecified atom stereocenters. The summed E-state index contributed by atoms with van der Waals surface area (Å²) in [6, 6.07) is 5.79. The number of carbonyl (C=O) groups is 1. The maximum Gasteiger partial charge on any atom is 0.153 e. The molecule has 110 valence electrons. The molecule has 2 rings (SSSR count). The minimum Gasteiger partial charge on any atom is -0.488 e.